The summed E-state index contributed by atoms with van der Waals surface area (Å²) in [4.78, 5) is 0.948. The van der Waals surface area contributed by atoms with Crippen molar-refractivity contribution in [1.29, 1.82) is 0 Å². The minimum absolute atomic E-state index is 0.160. The summed E-state index contributed by atoms with van der Waals surface area (Å²) in [5.41, 5.74) is 2.04. The number of rotatable bonds is 3. The predicted molar refractivity (Wildman–Crippen MR) is 81.2 cm³/mol. The maximum absolute atomic E-state index is 9.62. The van der Waals surface area contributed by atoms with Gasteiger partial charge in [-0.15, -0.1) is 11.3 Å². The van der Waals surface area contributed by atoms with E-state index < -0.39 is 0 Å². The second kappa shape index (κ2) is 5.58. The molecule has 3 nitrogen and oxygen atoms in total. The summed E-state index contributed by atoms with van der Waals surface area (Å²) >= 11 is 13.5. The largest absolute Gasteiger partial charge is 0.391 e. The molecule has 0 bridgehead atoms. The Bertz CT molecular complexity index is 738. The Balaban J connectivity index is 2.13. The molecule has 0 aliphatic rings. The molecule has 0 unspecified atom stereocenters. The lowest BCUT2D eigenvalue weighted by molar-refractivity contribution is 0.281. The molecule has 0 saturated heterocycles. The van der Waals surface area contributed by atoms with Crippen LogP contribution in [0.1, 0.15) is 5.56 Å². The highest BCUT2D eigenvalue weighted by Crippen LogP contribution is 2.36. The Labute approximate surface area is 129 Å². The van der Waals surface area contributed by atoms with E-state index >= 15 is 0 Å². The number of aromatic nitrogens is 1. The Morgan fingerprint density at radius 2 is 2.05 bits per heavy atom. The van der Waals surface area contributed by atoms with Gasteiger partial charge >= 0.3 is 0 Å². The van der Waals surface area contributed by atoms with Gasteiger partial charge in [0.2, 0.25) is 0 Å². The highest BCUT2D eigenvalue weighted by atomic mass is 35.5. The van der Waals surface area contributed by atoms with Crippen molar-refractivity contribution in [3.05, 3.63) is 51.3 Å². The molecule has 3 aromatic rings. The average molecular weight is 326 g/mol. The van der Waals surface area contributed by atoms with Crippen LogP contribution in [0.15, 0.2) is 40.2 Å². The molecule has 1 N–H and O–H groups in total. The van der Waals surface area contributed by atoms with E-state index in [0.29, 0.717) is 27.1 Å². The van der Waals surface area contributed by atoms with E-state index in [1.807, 2.05) is 17.5 Å². The zero-order valence-electron chi connectivity index (χ0n) is 10.1. The van der Waals surface area contributed by atoms with Crippen LogP contribution in [0.2, 0.25) is 10.0 Å². The number of thiophene rings is 1. The van der Waals surface area contributed by atoms with E-state index in [1.165, 1.54) is 11.3 Å². The average Bonchev–Trinajstić information content (AvgIpc) is 3.09. The van der Waals surface area contributed by atoms with E-state index in [9.17, 15) is 5.11 Å². The normalized spacial score (nSPS) is 10.9. The van der Waals surface area contributed by atoms with Crippen LogP contribution < -0.4 is 0 Å². The van der Waals surface area contributed by atoms with Gasteiger partial charge in [-0.1, -0.05) is 34.4 Å². The highest BCUT2D eigenvalue weighted by molar-refractivity contribution is 7.13. The lowest BCUT2D eigenvalue weighted by Crippen LogP contribution is -1.87. The first kappa shape index (κ1) is 13.6. The fourth-order valence-corrected chi connectivity index (χ4v) is 2.96. The maximum atomic E-state index is 9.62. The Morgan fingerprint density at radius 1 is 1.20 bits per heavy atom. The Hall–Kier alpha value is -1.33. The van der Waals surface area contributed by atoms with Crippen molar-refractivity contribution in [2.24, 2.45) is 0 Å². The monoisotopic (exact) mass is 325 g/mol. The van der Waals surface area contributed by atoms with E-state index in [2.05, 4.69) is 5.16 Å². The number of nitrogens with zero attached hydrogens (tertiary/aromatic N) is 1. The molecule has 0 aliphatic heterocycles. The Kier molecular flexibility index (Phi) is 3.81. The third-order valence-corrected chi connectivity index (χ3v) is 4.50. The van der Waals surface area contributed by atoms with Crippen LogP contribution in [-0.4, -0.2) is 10.3 Å². The van der Waals surface area contributed by atoms with Crippen LogP contribution in [0, 0.1) is 0 Å². The standard InChI is InChI=1S/C14H9Cl2NO2S/c15-10-4-3-8(6-11(10)16)14-9(7-18)13(17-19-14)12-2-1-5-20-12/h1-6,18H,7H2. The smallest absolute Gasteiger partial charge is 0.173 e. The highest BCUT2D eigenvalue weighted by Gasteiger charge is 2.19. The summed E-state index contributed by atoms with van der Waals surface area (Å²) in [5, 5.41) is 16.5. The molecule has 0 radical (unpaired) electrons. The van der Waals surface area contributed by atoms with Crippen LogP contribution in [-0.2, 0) is 6.61 Å². The predicted octanol–water partition coefficient (Wildman–Crippen LogP) is 4.87. The lowest BCUT2D eigenvalue weighted by atomic mass is 10.1. The van der Waals surface area contributed by atoms with Gasteiger partial charge in [0.15, 0.2) is 5.76 Å². The fourth-order valence-electron chi connectivity index (χ4n) is 1.93. The van der Waals surface area contributed by atoms with Crippen LogP contribution in [0.25, 0.3) is 21.9 Å². The summed E-state index contributed by atoms with van der Waals surface area (Å²) in [6, 6.07) is 9.02. The first-order valence-electron chi connectivity index (χ1n) is 5.79. The van der Waals surface area contributed by atoms with Crippen molar-refractivity contribution in [3.8, 4) is 21.9 Å². The molecule has 0 fully saturated rings. The number of hydrogen-bond donors (Lipinski definition) is 1. The summed E-state index contributed by atoms with van der Waals surface area (Å²) < 4.78 is 5.39. The van der Waals surface area contributed by atoms with Gasteiger partial charge in [0.05, 0.1) is 27.1 Å². The topological polar surface area (TPSA) is 46.3 Å². The van der Waals surface area contributed by atoms with Gasteiger partial charge in [0.25, 0.3) is 0 Å². The minimum Gasteiger partial charge on any atom is -0.391 e. The van der Waals surface area contributed by atoms with Crippen LogP contribution in [0.5, 0.6) is 0 Å². The molecule has 2 aromatic heterocycles. The molecule has 2 heterocycles. The molecule has 0 spiro atoms. The van der Waals surface area contributed by atoms with Crippen LogP contribution >= 0.6 is 34.5 Å². The number of benzene rings is 1. The molecular weight excluding hydrogens is 317 g/mol. The van der Waals surface area contributed by atoms with Gasteiger partial charge in [0.1, 0.15) is 5.69 Å². The number of aliphatic hydroxyl groups is 1. The van der Waals surface area contributed by atoms with E-state index in [1.54, 1.807) is 18.2 Å². The molecule has 102 valence electrons. The lowest BCUT2D eigenvalue weighted by Gasteiger charge is -2.02. The van der Waals surface area contributed by atoms with Crippen molar-refractivity contribution in [3.63, 3.8) is 0 Å². The summed E-state index contributed by atoms with van der Waals surface area (Å²) in [7, 11) is 0. The van der Waals surface area contributed by atoms with Crippen molar-refractivity contribution in [2.45, 2.75) is 6.61 Å². The summed E-state index contributed by atoms with van der Waals surface area (Å²) in [5.74, 6) is 0.509. The SMILES string of the molecule is OCc1c(-c2cccs2)noc1-c1ccc(Cl)c(Cl)c1. The first-order valence-corrected chi connectivity index (χ1v) is 7.43. The quantitative estimate of drug-likeness (QED) is 0.747. The van der Waals surface area contributed by atoms with Gasteiger partial charge in [-0.2, -0.15) is 0 Å². The van der Waals surface area contributed by atoms with E-state index in [-0.39, 0.29) is 6.61 Å². The second-order valence-corrected chi connectivity index (χ2v) is 5.87. The molecule has 3 rings (SSSR count). The third kappa shape index (κ3) is 2.36. The number of aliphatic hydroxyl groups excluding tert-OH is 1. The minimum atomic E-state index is -0.160. The van der Waals surface area contributed by atoms with Gasteiger partial charge in [-0.3, -0.25) is 0 Å². The van der Waals surface area contributed by atoms with Gasteiger partial charge in [-0.05, 0) is 29.6 Å². The molecule has 0 aliphatic carbocycles. The molecule has 0 atom stereocenters. The molecule has 0 amide bonds. The van der Waals surface area contributed by atoms with E-state index in [0.717, 1.165) is 10.4 Å². The van der Waals surface area contributed by atoms with Crippen molar-refractivity contribution in [2.75, 3.05) is 0 Å². The van der Waals surface area contributed by atoms with E-state index in [4.69, 9.17) is 27.7 Å². The zero-order chi connectivity index (χ0) is 14.1. The zero-order valence-corrected chi connectivity index (χ0v) is 12.5. The maximum Gasteiger partial charge on any atom is 0.173 e. The van der Waals surface area contributed by atoms with Crippen molar-refractivity contribution >= 4 is 34.5 Å². The van der Waals surface area contributed by atoms with Crippen LogP contribution in [0.4, 0.5) is 0 Å². The summed E-state index contributed by atoms with van der Waals surface area (Å²) in [6.45, 7) is -0.160. The number of hydrogen-bond acceptors (Lipinski definition) is 4. The molecule has 1 aromatic carbocycles. The van der Waals surface area contributed by atoms with Gasteiger partial charge < -0.3 is 9.63 Å². The number of halogens is 2. The molecule has 0 saturated carbocycles. The third-order valence-electron chi connectivity index (χ3n) is 2.88. The molecule has 20 heavy (non-hydrogen) atoms. The molecule has 6 heteroatoms. The summed E-state index contributed by atoms with van der Waals surface area (Å²) in [6.07, 6.45) is 0. The van der Waals surface area contributed by atoms with Crippen molar-refractivity contribution in [1.82, 2.24) is 5.16 Å². The van der Waals surface area contributed by atoms with Crippen LogP contribution in [0.3, 0.4) is 0 Å². The van der Waals surface area contributed by atoms with Gasteiger partial charge in [-0.25, -0.2) is 0 Å². The Morgan fingerprint density at radius 3 is 2.70 bits per heavy atom. The second-order valence-electron chi connectivity index (χ2n) is 4.10. The molecular formula is C14H9Cl2NO2S. The van der Waals surface area contributed by atoms with Gasteiger partial charge in [0, 0.05) is 5.56 Å². The van der Waals surface area contributed by atoms with Crippen molar-refractivity contribution < 1.29 is 9.63 Å². The fraction of sp³-hybridized carbons (Fsp3) is 0.0714. The first-order chi connectivity index (χ1) is 9.70.